The highest BCUT2D eigenvalue weighted by Crippen LogP contribution is 2.20. The molecule has 0 atom stereocenters. The fraction of sp³-hybridized carbons (Fsp3) is 0.118. The first-order valence-electron chi connectivity index (χ1n) is 6.85. The molecule has 6 heteroatoms. The van der Waals surface area contributed by atoms with Gasteiger partial charge in [0.15, 0.2) is 0 Å². The van der Waals surface area contributed by atoms with Crippen LogP contribution in [0.25, 0.3) is 0 Å². The van der Waals surface area contributed by atoms with Crippen LogP contribution in [0, 0.1) is 11.3 Å². The number of carbonyl (C=O) groups excluding carboxylic acids is 1. The Kier molecular flexibility index (Phi) is 6.16. The first-order chi connectivity index (χ1) is 11.2. The second-order valence-electron chi connectivity index (χ2n) is 4.55. The summed E-state index contributed by atoms with van der Waals surface area (Å²) < 4.78 is 5.77. The molecule has 2 aromatic carbocycles. The van der Waals surface area contributed by atoms with E-state index in [1.165, 1.54) is 6.21 Å². The van der Waals surface area contributed by atoms with Crippen molar-refractivity contribution in [3.05, 3.63) is 64.7 Å². The summed E-state index contributed by atoms with van der Waals surface area (Å²) in [6, 6.07) is 16.5. The number of benzene rings is 2. The average Bonchev–Trinajstić information content (AvgIpc) is 2.55. The molecule has 0 bridgehead atoms. The molecule has 2 aromatic rings. The number of carbonyl (C=O) groups is 1. The Morgan fingerprint density at radius 3 is 2.78 bits per heavy atom. The molecule has 1 N–H and O–H groups in total. The Morgan fingerprint density at radius 2 is 2.00 bits per heavy atom. The lowest BCUT2D eigenvalue weighted by Gasteiger charge is -2.10. The summed E-state index contributed by atoms with van der Waals surface area (Å²) in [5.41, 5.74) is 3.86. The van der Waals surface area contributed by atoms with Crippen LogP contribution in [0.15, 0.2) is 53.6 Å². The van der Waals surface area contributed by atoms with Crippen LogP contribution in [0.4, 0.5) is 0 Å². The zero-order chi connectivity index (χ0) is 16.5. The van der Waals surface area contributed by atoms with E-state index in [0.717, 1.165) is 5.56 Å². The summed E-state index contributed by atoms with van der Waals surface area (Å²) in [6.45, 7) is 0.325. The van der Waals surface area contributed by atoms with Crippen molar-refractivity contribution < 1.29 is 9.53 Å². The Balaban J connectivity index is 2.03. The van der Waals surface area contributed by atoms with E-state index in [-0.39, 0.29) is 6.42 Å². The van der Waals surface area contributed by atoms with E-state index in [9.17, 15) is 4.79 Å². The molecule has 0 unspecified atom stereocenters. The molecule has 0 aliphatic heterocycles. The van der Waals surface area contributed by atoms with Crippen LogP contribution < -0.4 is 10.2 Å². The maximum Gasteiger partial charge on any atom is 0.254 e. The summed E-state index contributed by atoms with van der Waals surface area (Å²) >= 11 is 6.10. The van der Waals surface area contributed by atoms with Gasteiger partial charge in [0.25, 0.3) is 5.91 Å². The van der Waals surface area contributed by atoms with E-state index in [2.05, 4.69) is 10.5 Å². The van der Waals surface area contributed by atoms with Crippen LogP contribution in [0.3, 0.4) is 0 Å². The number of para-hydroxylation sites is 1. The van der Waals surface area contributed by atoms with Gasteiger partial charge in [0.05, 0.1) is 12.3 Å². The highest BCUT2D eigenvalue weighted by molar-refractivity contribution is 6.31. The number of hydrazone groups is 1. The maximum atomic E-state index is 11.2. The van der Waals surface area contributed by atoms with Crippen LogP contribution in [0.5, 0.6) is 5.75 Å². The highest BCUT2D eigenvalue weighted by Gasteiger charge is 2.04. The Morgan fingerprint density at radius 1 is 1.26 bits per heavy atom. The molecule has 2 rings (SSSR count). The topological polar surface area (TPSA) is 74.5 Å². The number of hydrogen-bond acceptors (Lipinski definition) is 4. The molecule has 0 aliphatic rings. The number of nitrogens with one attached hydrogen (secondary N) is 1. The van der Waals surface area contributed by atoms with Gasteiger partial charge < -0.3 is 4.74 Å². The second kappa shape index (κ2) is 8.57. The fourth-order valence-electron chi connectivity index (χ4n) is 1.77. The molecule has 0 aliphatic carbocycles. The third-order valence-corrected chi connectivity index (χ3v) is 3.26. The SMILES string of the molecule is N#CCC(=O)N/N=C\c1ccccc1OCc1ccccc1Cl. The van der Waals surface area contributed by atoms with Gasteiger partial charge in [-0.2, -0.15) is 10.4 Å². The quantitative estimate of drug-likeness (QED) is 0.653. The van der Waals surface area contributed by atoms with Gasteiger partial charge in [0.2, 0.25) is 0 Å². The van der Waals surface area contributed by atoms with Crippen molar-refractivity contribution in [1.82, 2.24) is 5.43 Å². The van der Waals surface area contributed by atoms with E-state index in [0.29, 0.717) is 22.9 Å². The lowest BCUT2D eigenvalue weighted by Crippen LogP contribution is -2.16. The number of rotatable bonds is 6. The molecule has 0 saturated heterocycles. The van der Waals surface area contributed by atoms with Gasteiger partial charge in [0.1, 0.15) is 18.8 Å². The summed E-state index contributed by atoms with van der Waals surface area (Å²) in [5.74, 6) is 0.156. The number of nitriles is 1. The molecule has 116 valence electrons. The number of amides is 1. The van der Waals surface area contributed by atoms with Gasteiger partial charge in [0, 0.05) is 16.1 Å². The first-order valence-corrected chi connectivity index (χ1v) is 7.22. The van der Waals surface area contributed by atoms with Gasteiger partial charge in [-0.15, -0.1) is 0 Å². The van der Waals surface area contributed by atoms with E-state index < -0.39 is 5.91 Å². The molecule has 5 nitrogen and oxygen atoms in total. The third-order valence-electron chi connectivity index (χ3n) is 2.89. The zero-order valence-corrected chi connectivity index (χ0v) is 13.0. The smallest absolute Gasteiger partial charge is 0.254 e. The summed E-state index contributed by atoms with van der Waals surface area (Å²) in [4.78, 5) is 11.2. The van der Waals surface area contributed by atoms with Crippen molar-refractivity contribution in [3.8, 4) is 11.8 Å². The van der Waals surface area contributed by atoms with E-state index in [1.807, 2.05) is 36.4 Å². The molecule has 0 spiro atoms. The van der Waals surface area contributed by atoms with Crippen molar-refractivity contribution in [2.24, 2.45) is 5.10 Å². The Hall–Kier alpha value is -2.84. The minimum atomic E-state index is -0.460. The normalized spacial score (nSPS) is 10.3. The predicted molar refractivity (Wildman–Crippen MR) is 88.2 cm³/mol. The molecule has 0 heterocycles. The number of ether oxygens (including phenoxy) is 1. The molecule has 0 radical (unpaired) electrons. The second-order valence-corrected chi connectivity index (χ2v) is 4.95. The van der Waals surface area contributed by atoms with Gasteiger partial charge in [-0.1, -0.05) is 41.9 Å². The zero-order valence-electron chi connectivity index (χ0n) is 12.2. The minimum absolute atomic E-state index is 0.234. The summed E-state index contributed by atoms with van der Waals surface area (Å²) in [6.07, 6.45) is 1.24. The van der Waals surface area contributed by atoms with Gasteiger partial charge in [-0.3, -0.25) is 4.79 Å². The van der Waals surface area contributed by atoms with Crippen LogP contribution in [0.2, 0.25) is 5.02 Å². The monoisotopic (exact) mass is 327 g/mol. The molecule has 0 aromatic heterocycles. The maximum absolute atomic E-state index is 11.2. The fourth-order valence-corrected chi connectivity index (χ4v) is 1.97. The molecule has 23 heavy (non-hydrogen) atoms. The highest BCUT2D eigenvalue weighted by atomic mass is 35.5. The average molecular weight is 328 g/mol. The number of halogens is 1. The van der Waals surface area contributed by atoms with E-state index in [4.69, 9.17) is 21.6 Å². The van der Waals surface area contributed by atoms with Crippen LogP contribution in [-0.4, -0.2) is 12.1 Å². The lowest BCUT2D eigenvalue weighted by atomic mass is 10.2. The van der Waals surface area contributed by atoms with Crippen LogP contribution in [-0.2, 0) is 11.4 Å². The van der Waals surface area contributed by atoms with Gasteiger partial charge >= 0.3 is 0 Å². The first kappa shape index (κ1) is 16.5. The van der Waals surface area contributed by atoms with Crippen molar-refractivity contribution in [2.45, 2.75) is 13.0 Å². The molecule has 0 fully saturated rings. The Labute approximate surface area is 139 Å². The Bertz CT molecular complexity index is 753. The third kappa shape index (κ3) is 5.13. The van der Waals surface area contributed by atoms with E-state index in [1.54, 1.807) is 18.2 Å². The minimum Gasteiger partial charge on any atom is -0.488 e. The van der Waals surface area contributed by atoms with Gasteiger partial charge in [-0.25, -0.2) is 5.43 Å². The standard InChI is InChI=1S/C17H14ClN3O2/c18-15-7-3-1-6-14(15)12-23-16-8-4-2-5-13(16)11-20-21-17(22)9-10-19/h1-8,11H,9,12H2,(H,21,22)/b20-11-. The largest absolute Gasteiger partial charge is 0.488 e. The molecule has 0 saturated carbocycles. The molecular formula is C17H14ClN3O2. The molecular weight excluding hydrogens is 314 g/mol. The van der Waals surface area contributed by atoms with E-state index >= 15 is 0 Å². The van der Waals surface area contributed by atoms with Crippen molar-refractivity contribution in [2.75, 3.05) is 0 Å². The number of hydrogen-bond donors (Lipinski definition) is 1. The molecule has 1 amide bonds. The van der Waals surface area contributed by atoms with Crippen molar-refractivity contribution >= 4 is 23.7 Å². The summed E-state index contributed by atoms with van der Waals surface area (Å²) in [5, 5.41) is 12.9. The van der Waals surface area contributed by atoms with Crippen LogP contribution in [0.1, 0.15) is 17.5 Å². The number of nitrogens with zero attached hydrogens (tertiary/aromatic N) is 2. The van der Waals surface area contributed by atoms with Crippen molar-refractivity contribution in [1.29, 1.82) is 5.26 Å². The van der Waals surface area contributed by atoms with Crippen molar-refractivity contribution in [3.63, 3.8) is 0 Å². The predicted octanol–water partition coefficient (Wildman–Crippen LogP) is 3.28. The van der Waals surface area contributed by atoms with Crippen LogP contribution >= 0.6 is 11.6 Å². The van der Waals surface area contributed by atoms with Gasteiger partial charge in [-0.05, 0) is 18.2 Å². The summed E-state index contributed by atoms with van der Waals surface area (Å²) in [7, 11) is 0. The lowest BCUT2D eigenvalue weighted by molar-refractivity contribution is -0.120.